The van der Waals surface area contributed by atoms with E-state index in [4.69, 9.17) is 4.74 Å². The van der Waals surface area contributed by atoms with Gasteiger partial charge in [0.05, 0.1) is 24.9 Å². The third kappa shape index (κ3) is 3.85. The van der Waals surface area contributed by atoms with Crippen LogP contribution < -0.4 is 15.4 Å². The lowest BCUT2D eigenvalue weighted by Crippen LogP contribution is -2.33. The van der Waals surface area contributed by atoms with Crippen LogP contribution in [0.5, 0.6) is 5.88 Å². The number of nitrogens with zero attached hydrogens (tertiary/aromatic N) is 2. The monoisotopic (exact) mass is 386 g/mol. The number of fused-ring (bicyclic) bond motifs is 1. The number of carbonyl (C=O) groups is 2. The van der Waals surface area contributed by atoms with Gasteiger partial charge in [0.1, 0.15) is 0 Å². The lowest BCUT2D eigenvalue weighted by Gasteiger charge is -2.22. The van der Waals surface area contributed by atoms with E-state index in [9.17, 15) is 9.59 Å². The van der Waals surface area contributed by atoms with Gasteiger partial charge >= 0.3 is 0 Å². The van der Waals surface area contributed by atoms with Crippen LogP contribution >= 0.6 is 0 Å². The Kier molecular flexibility index (Phi) is 5.80. The van der Waals surface area contributed by atoms with Crippen LogP contribution in [0.15, 0.2) is 6.07 Å². The lowest BCUT2D eigenvalue weighted by atomic mass is 10.00. The van der Waals surface area contributed by atoms with Crippen molar-refractivity contribution in [2.45, 2.75) is 64.1 Å². The summed E-state index contributed by atoms with van der Waals surface area (Å²) in [6.45, 7) is 2.76. The molecule has 0 radical (unpaired) electrons. The van der Waals surface area contributed by atoms with Crippen LogP contribution in [0.2, 0.25) is 0 Å². The first kappa shape index (κ1) is 19.2. The SMILES string of the molecule is COc1nc2c(cc1CNC(=O)[C@@H]1CCCNCC1)C(=O)N(C1CCCC1)C2. The van der Waals surface area contributed by atoms with Gasteiger partial charge in [-0.05, 0) is 51.3 Å². The predicted molar refractivity (Wildman–Crippen MR) is 105 cm³/mol. The highest BCUT2D eigenvalue weighted by Gasteiger charge is 2.36. The summed E-state index contributed by atoms with van der Waals surface area (Å²) in [6.07, 6.45) is 7.33. The van der Waals surface area contributed by atoms with Crippen LogP contribution in [-0.2, 0) is 17.9 Å². The van der Waals surface area contributed by atoms with Crippen molar-refractivity contribution < 1.29 is 14.3 Å². The van der Waals surface area contributed by atoms with E-state index in [1.54, 1.807) is 7.11 Å². The molecule has 1 atom stereocenters. The van der Waals surface area contributed by atoms with E-state index in [0.717, 1.165) is 56.5 Å². The fraction of sp³-hybridized carbons (Fsp3) is 0.667. The Hall–Kier alpha value is -2.15. The Labute approximate surface area is 166 Å². The number of nitrogens with one attached hydrogen (secondary N) is 2. The zero-order chi connectivity index (χ0) is 19.5. The summed E-state index contributed by atoms with van der Waals surface area (Å²) in [7, 11) is 1.59. The van der Waals surface area contributed by atoms with Gasteiger partial charge in [-0.2, -0.15) is 0 Å². The van der Waals surface area contributed by atoms with E-state index in [2.05, 4.69) is 15.6 Å². The molecule has 0 spiro atoms. The minimum absolute atomic E-state index is 0.0443. The summed E-state index contributed by atoms with van der Waals surface area (Å²) >= 11 is 0. The molecule has 1 aromatic rings. The predicted octanol–water partition coefficient (Wildman–Crippen LogP) is 1.99. The summed E-state index contributed by atoms with van der Waals surface area (Å²) in [5, 5.41) is 6.36. The van der Waals surface area contributed by atoms with E-state index in [1.165, 1.54) is 12.8 Å². The molecule has 1 aliphatic carbocycles. The number of aromatic nitrogens is 1. The largest absolute Gasteiger partial charge is 0.481 e. The smallest absolute Gasteiger partial charge is 0.256 e. The highest BCUT2D eigenvalue weighted by atomic mass is 16.5. The maximum atomic E-state index is 12.9. The van der Waals surface area contributed by atoms with E-state index >= 15 is 0 Å². The number of hydrogen-bond acceptors (Lipinski definition) is 5. The summed E-state index contributed by atoms with van der Waals surface area (Å²) < 4.78 is 5.46. The second-order valence-electron chi connectivity index (χ2n) is 8.12. The van der Waals surface area contributed by atoms with Crippen molar-refractivity contribution in [1.82, 2.24) is 20.5 Å². The normalized spacial score (nSPS) is 22.8. The molecule has 2 amide bonds. The molecule has 3 aliphatic rings. The van der Waals surface area contributed by atoms with Crippen molar-refractivity contribution in [3.63, 3.8) is 0 Å². The van der Waals surface area contributed by atoms with Crippen LogP contribution in [-0.4, -0.2) is 47.9 Å². The molecule has 7 nitrogen and oxygen atoms in total. The molecule has 7 heteroatoms. The quantitative estimate of drug-likeness (QED) is 0.809. The van der Waals surface area contributed by atoms with Crippen molar-refractivity contribution in [2.24, 2.45) is 5.92 Å². The number of amides is 2. The molecule has 4 rings (SSSR count). The van der Waals surface area contributed by atoms with Gasteiger partial charge in [0.2, 0.25) is 11.8 Å². The first-order valence-electron chi connectivity index (χ1n) is 10.5. The number of pyridine rings is 1. The average Bonchev–Trinajstić information content (AvgIpc) is 3.25. The van der Waals surface area contributed by atoms with Crippen molar-refractivity contribution in [3.8, 4) is 5.88 Å². The van der Waals surface area contributed by atoms with Gasteiger partial charge < -0.3 is 20.3 Å². The van der Waals surface area contributed by atoms with Crippen LogP contribution in [0.1, 0.15) is 66.6 Å². The zero-order valence-corrected chi connectivity index (χ0v) is 16.6. The third-order valence-electron chi connectivity index (χ3n) is 6.31. The first-order valence-corrected chi connectivity index (χ1v) is 10.5. The Bertz CT molecular complexity index is 737. The van der Waals surface area contributed by atoms with Gasteiger partial charge in [-0.25, -0.2) is 4.98 Å². The van der Waals surface area contributed by atoms with E-state index in [-0.39, 0.29) is 17.7 Å². The zero-order valence-electron chi connectivity index (χ0n) is 16.6. The van der Waals surface area contributed by atoms with Gasteiger partial charge in [0.15, 0.2) is 0 Å². The highest BCUT2D eigenvalue weighted by molar-refractivity contribution is 5.98. The summed E-state index contributed by atoms with van der Waals surface area (Å²) in [5.74, 6) is 0.690. The number of hydrogen-bond donors (Lipinski definition) is 2. The van der Waals surface area contributed by atoms with Crippen molar-refractivity contribution in [2.75, 3.05) is 20.2 Å². The molecular weight excluding hydrogens is 356 g/mol. The van der Waals surface area contributed by atoms with E-state index < -0.39 is 0 Å². The molecular formula is C21H30N4O3. The van der Waals surface area contributed by atoms with E-state index in [1.807, 2.05) is 11.0 Å². The first-order chi connectivity index (χ1) is 13.7. The lowest BCUT2D eigenvalue weighted by molar-refractivity contribution is -0.125. The van der Waals surface area contributed by atoms with Gasteiger partial charge in [-0.3, -0.25) is 9.59 Å². The highest BCUT2D eigenvalue weighted by Crippen LogP contribution is 2.33. The molecule has 0 bridgehead atoms. The number of ether oxygens (including phenoxy) is 1. The van der Waals surface area contributed by atoms with Crippen LogP contribution in [0.4, 0.5) is 0 Å². The minimum Gasteiger partial charge on any atom is -0.481 e. The minimum atomic E-state index is 0.0443. The maximum Gasteiger partial charge on any atom is 0.256 e. The van der Waals surface area contributed by atoms with Gasteiger partial charge in [0, 0.05) is 24.1 Å². The van der Waals surface area contributed by atoms with Crippen molar-refractivity contribution in [1.29, 1.82) is 0 Å². The second kappa shape index (κ2) is 8.47. The molecule has 1 aromatic heterocycles. The Balaban J connectivity index is 1.46. The Morgan fingerprint density at radius 1 is 1.25 bits per heavy atom. The summed E-state index contributed by atoms with van der Waals surface area (Å²) in [4.78, 5) is 32.0. The van der Waals surface area contributed by atoms with Crippen LogP contribution in [0.25, 0.3) is 0 Å². The molecule has 1 saturated carbocycles. The molecule has 152 valence electrons. The van der Waals surface area contributed by atoms with Gasteiger partial charge in [-0.15, -0.1) is 0 Å². The van der Waals surface area contributed by atoms with Gasteiger partial charge in [-0.1, -0.05) is 12.8 Å². The molecule has 1 saturated heterocycles. The molecule has 3 heterocycles. The third-order valence-corrected chi connectivity index (χ3v) is 6.31. The Morgan fingerprint density at radius 2 is 2.07 bits per heavy atom. The molecule has 28 heavy (non-hydrogen) atoms. The molecule has 0 aromatic carbocycles. The number of carbonyl (C=O) groups excluding carboxylic acids is 2. The van der Waals surface area contributed by atoms with Crippen LogP contribution in [0, 0.1) is 5.92 Å². The maximum absolute atomic E-state index is 12.9. The average molecular weight is 386 g/mol. The molecule has 2 N–H and O–H groups in total. The van der Waals surface area contributed by atoms with E-state index in [0.29, 0.717) is 30.6 Å². The Morgan fingerprint density at radius 3 is 2.86 bits per heavy atom. The fourth-order valence-electron chi connectivity index (χ4n) is 4.69. The van der Waals surface area contributed by atoms with Crippen molar-refractivity contribution in [3.05, 3.63) is 22.9 Å². The van der Waals surface area contributed by atoms with Crippen molar-refractivity contribution >= 4 is 11.8 Å². The summed E-state index contributed by atoms with van der Waals surface area (Å²) in [5.41, 5.74) is 2.22. The molecule has 0 unspecified atom stereocenters. The summed E-state index contributed by atoms with van der Waals surface area (Å²) in [6, 6.07) is 2.20. The van der Waals surface area contributed by atoms with Crippen LogP contribution in [0.3, 0.4) is 0 Å². The number of methoxy groups -OCH3 is 1. The second-order valence-corrected chi connectivity index (χ2v) is 8.12. The molecule has 2 fully saturated rings. The number of rotatable bonds is 5. The topological polar surface area (TPSA) is 83.6 Å². The molecule has 2 aliphatic heterocycles. The van der Waals surface area contributed by atoms with Gasteiger partial charge in [0.25, 0.3) is 5.91 Å². The fourth-order valence-corrected chi connectivity index (χ4v) is 4.69. The standard InChI is InChI=1S/C21H30N4O3/c1-28-20-15(12-23-19(26)14-5-4-9-22-10-8-14)11-17-18(24-20)13-25(21(17)27)16-6-2-3-7-16/h11,14,16,22H,2-10,12-13H2,1H3,(H,23,26)/t14-/m1/s1.